The minimum Gasteiger partial charge on any atom is -0.376 e. The summed E-state index contributed by atoms with van der Waals surface area (Å²) in [5.74, 6) is -0.295. The quantitative estimate of drug-likeness (QED) is 0.651. The molecule has 110 valence electrons. The molecule has 0 aliphatic rings. The Labute approximate surface area is 126 Å². The van der Waals surface area contributed by atoms with E-state index in [1.807, 2.05) is 6.07 Å². The monoisotopic (exact) mass is 296 g/mol. The van der Waals surface area contributed by atoms with Gasteiger partial charge in [-0.1, -0.05) is 6.07 Å². The smallest absolute Gasteiger partial charge is 0.269 e. The molecule has 0 saturated heterocycles. The standard InChI is InChI=1S/C15H12N4O3/c16-9-11-2-1-3-13(8-11)17-10-15(20)18-12-4-6-14(7-5-12)19(21)22/h1-8,17H,10H2,(H,18,20). The second-order valence-corrected chi connectivity index (χ2v) is 4.40. The Morgan fingerprint density at radius 2 is 1.91 bits per heavy atom. The first-order valence-corrected chi connectivity index (χ1v) is 6.37. The fourth-order valence-corrected chi connectivity index (χ4v) is 1.75. The lowest BCUT2D eigenvalue weighted by Gasteiger charge is -2.08. The van der Waals surface area contributed by atoms with Crippen LogP contribution in [0.15, 0.2) is 48.5 Å². The number of carbonyl (C=O) groups excluding carboxylic acids is 1. The van der Waals surface area contributed by atoms with Crippen LogP contribution in [0.3, 0.4) is 0 Å². The molecule has 0 aliphatic heterocycles. The van der Waals surface area contributed by atoms with Gasteiger partial charge in [0.1, 0.15) is 0 Å². The summed E-state index contributed by atoms with van der Waals surface area (Å²) >= 11 is 0. The summed E-state index contributed by atoms with van der Waals surface area (Å²) in [6.45, 7) is 0.0197. The van der Waals surface area contributed by atoms with E-state index >= 15 is 0 Å². The van der Waals surface area contributed by atoms with Gasteiger partial charge in [-0.25, -0.2) is 0 Å². The lowest BCUT2D eigenvalue weighted by atomic mass is 10.2. The number of rotatable bonds is 5. The number of benzene rings is 2. The summed E-state index contributed by atoms with van der Waals surface area (Å²) in [5.41, 5.74) is 1.60. The Bertz CT molecular complexity index is 735. The van der Waals surface area contributed by atoms with Crippen molar-refractivity contribution < 1.29 is 9.72 Å². The van der Waals surface area contributed by atoms with Crippen LogP contribution < -0.4 is 10.6 Å². The molecule has 0 saturated carbocycles. The molecule has 0 aromatic heterocycles. The van der Waals surface area contributed by atoms with Crippen molar-refractivity contribution >= 4 is 23.0 Å². The lowest BCUT2D eigenvalue weighted by Crippen LogP contribution is -2.21. The molecule has 0 spiro atoms. The maximum Gasteiger partial charge on any atom is 0.269 e. The predicted molar refractivity (Wildman–Crippen MR) is 81.4 cm³/mol. The van der Waals surface area contributed by atoms with Gasteiger partial charge in [0.25, 0.3) is 5.69 Å². The number of anilines is 2. The van der Waals surface area contributed by atoms with Gasteiger partial charge in [0.05, 0.1) is 23.1 Å². The minimum atomic E-state index is -0.505. The first-order chi connectivity index (χ1) is 10.6. The fraction of sp³-hybridized carbons (Fsp3) is 0.0667. The Hall–Kier alpha value is -3.40. The van der Waals surface area contributed by atoms with Crippen LogP contribution in [-0.4, -0.2) is 17.4 Å². The zero-order valence-corrected chi connectivity index (χ0v) is 11.4. The zero-order chi connectivity index (χ0) is 15.9. The third-order valence-electron chi connectivity index (χ3n) is 2.81. The van der Waals surface area contributed by atoms with Gasteiger partial charge in [0.15, 0.2) is 0 Å². The van der Waals surface area contributed by atoms with E-state index in [1.54, 1.807) is 24.3 Å². The van der Waals surface area contributed by atoms with Gasteiger partial charge < -0.3 is 10.6 Å². The van der Waals surface area contributed by atoms with Gasteiger partial charge in [0.2, 0.25) is 5.91 Å². The number of nitro benzene ring substituents is 1. The number of carbonyl (C=O) groups is 1. The van der Waals surface area contributed by atoms with Crippen molar-refractivity contribution in [1.82, 2.24) is 0 Å². The molecule has 1 amide bonds. The second-order valence-electron chi connectivity index (χ2n) is 4.40. The van der Waals surface area contributed by atoms with E-state index in [0.717, 1.165) is 0 Å². The number of nitro groups is 1. The van der Waals surface area contributed by atoms with Gasteiger partial charge in [0, 0.05) is 23.5 Å². The van der Waals surface area contributed by atoms with Crippen LogP contribution in [0.25, 0.3) is 0 Å². The number of nitriles is 1. The number of amides is 1. The average Bonchev–Trinajstić information content (AvgIpc) is 2.53. The molecule has 0 aliphatic carbocycles. The minimum absolute atomic E-state index is 0.0197. The summed E-state index contributed by atoms with van der Waals surface area (Å²) in [4.78, 5) is 21.8. The van der Waals surface area contributed by atoms with Crippen LogP contribution in [0.2, 0.25) is 0 Å². The van der Waals surface area contributed by atoms with Crippen molar-refractivity contribution in [1.29, 1.82) is 5.26 Å². The lowest BCUT2D eigenvalue weighted by molar-refractivity contribution is -0.384. The van der Waals surface area contributed by atoms with E-state index in [9.17, 15) is 14.9 Å². The summed E-state index contributed by atoms with van der Waals surface area (Å²) in [7, 11) is 0. The SMILES string of the molecule is N#Cc1cccc(NCC(=O)Nc2ccc([N+](=O)[O-])cc2)c1. The van der Waals surface area contributed by atoms with Crippen LogP contribution in [0, 0.1) is 21.4 Å². The molecule has 2 N–H and O–H groups in total. The van der Waals surface area contributed by atoms with Crippen LogP contribution >= 0.6 is 0 Å². The van der Waals surface area contributed by atoms with Crippen molar-refractivity contribution in [3.8, 4) is 6.07 Å². The molecule has 0 radical (unpaired) electrons. The highest BCUT2D eigenvalue weighted by atomic mass is 16.6. The largest absolute Gasteiger partial charge is 0.376 e. The Morgan fingerprint density at radius 3 is 2.55 bits per heavy atom. The van der Waals surface area contributed by atoms with Gasteiger partial charge in [-0.3, -0.25) is 14.9 Å². The van der Waals surface area contributed by atoms with Crippen molar-refractivity contribution in [2.24, 2.45) is 0 Å². The molecule has 0 fully saturated rings. The van der Waals surface area contributed by atoms with Gasteiger partial charge in [-0.2, -0.15) is 5.26 Å². The number of nitrogens with zero attached hydrogens (tertiary/aromatic N) is 2. The molecule has 0 bridgehead atoms. The van der Waals surface area contributed by atoms with Crippen LogP contribution in [0.5, 0.6) is 0 Å². The van der Waals surface area contributed by atoms with Crippen molar-refractivity contribution in [3.63, 3.8) is 0 Å². The molecule has 0 heterocycles. The molecule has 2 rings (SSSR count). The van der Waals surface area contributed by atoms with Crippen LogP contribution in [-0.2, 0) is 4.79 Å². The summed E-state index contributed by atoms with van der Waals surface area (Å²) < 4.78 is 0. The van der Waals surface area contributed by atoms with E-state index in [-0.39, 0.29) is 18.1 Å². The van der Waals surface area contributed by atoms with Crippen LogP contribution in [0.4, 0.5) is 17.1 Å². The molecular formula is C15H12N4O3. The Morgan fingerprint density at radius 1 is 1.18 bits per heavy atom. The summed E-state index contributed by atoms with van der Waals surface area (Å²) in [6, 6.07) is 14.4. The van der Waals surface area contributed by atoms with E-state index in [4.69, 9.17) is 5.26 Å². The topological polar surface area (TPSA) is 108 Å². The van der Waals surface area contributed by atoms with Gasteiger partial charge in [-0.15, -0.1) is 0 Å². The molecule has 22 heavy (non-hydrogen) atoms. The highest BCUT2D eigenvalue weighted by Crippen LogP contribution is 2.15. The highest BCUT2D eigenvalue weighted by molar-refractivity contribution is 5.93. The number of hydrogen-bond donors (Lipinski definition) is 2. The van der Waals surface area contributed by atoms with Crippen molar-refractivity contribution in [3.05, 3.63) is 64.2 Å². The number of hydrogen-bond acceptors (Lipinski definition) is 5. The molecule has 7 heteroatoms. The average molecular weight is 296 g/mol. The van der Waals surface area contributed by atoms with Crippen molar-refractivity contribution in [2.75, 3.05) is 17.2 Å². The maximum atomic E-state index is 11.8. The van der Waals surface area contributed by atoms with E-state index in [0.29, 0.717) is 16.9 Å². The zero-order valence-electron chi connectivity index (χ0n) is 11.4. The molecular weight excluding hydrogens is 284 g/mol. The fourth-order valence-electron chi connectivity index (χ4n) is 1.75. The first-order valence-electron chi connectivity index (χ1n) is 6.37. The number of nitrogens with one attached hydrogen (secondary N) is 2. The molecule has 2 aromatic carbocycles. The van der Waals surface area contributed by atoms with Crippen LogP contribution in [0.1, 0.15) is 5.56 Å². The summed E-state index contributed by atoms with van der Waals surface area (Å²) in [6.07, 6.45) is 0. The third kappa shape index (κ3) is 4.05. The molecule has 0 unspecified atom stereocenters. The Kier molecular flexibility index (Phi) is 4.67. The summed E-state index contributed by atoms with van der Waals surface area (Å²) in [5, 5.41) is 24.8. The van der Waals surface area contributed by atoms with E-state index < -0.39 is 4.92 Å². The van der Waals surface area contributed by atoms with E-state index in [1.165, 1.54) is 24.3 Å². The van der Waals surface area contributed by atoms with Gasteiger partial charge in [-0.05, 0) is 30.3 Å². The highest BCUT2D eigenvalue weighted by Gasteiger charge is 2.06. The molecule has 2 aromatic rings. The normalized spacial score (nSPS) is 9.59. The molecule has 0 atom stereocenters. The molecule has 7 nitrogen and oxygen atoms in total. The second kappa shape index (κ2) is 6.85. The number of non-ortho nitro benzene ring substituents is 1. The van der Waals surface area contributed by atoms with Gasteiger partial charge >= 0.3 is 0 Å². The predicted octanol–water partition coefficient (Wildman–Crippen LogP) is 2.52. The van der Waals surface area contributed by atoms with Crippen molar-refractivity contribution in [2.45, 2.75) is 0 Å². The third-order valence-corrected chi connectivity index (χ3v) is 2.81. The first kappa shape index (κ1) is 15.0. The maximum absolute atomic E-state index is 11.8. The Balaban J connectivity index is 1.90. The van der Waals surface area contributed by atoms with E-state index in [2.05, 4.69) is 10.6 Å².